The Kier molecular flexibility index (Phi) is 3.39. The van der Waals surface area contributed by atoms with Crippen molar-refractivity contribution in [3.05, 3.63) is 12.2 Å². The SMILES string of the molecule is CC12C=CCC1C1CCC3CC(N=NN)CCC3(C)C1CC2. The second kappa shape index (κ2) is 5.07. The molecule has 7 unspecified atom stereocenters. The summed E-state index contributed by atoms with van der Waals surface area (Å²) in [6.45, 7) is 5.12. The molecule has 0 aromatic rings. The van der Waals surface area contributed by atoms with Gasteiger partial charge in [0.1, 0.15) is 0 Å². The van der Waals surface area contributed by atoms with E-state index in [4.69, 9.17) is 5.84 Å². The smallest absolute Gasteiger partial charge is 0.0732 e. The lowest BCUT2D eigenvalue weighted by atomic mass is 9.45. The Bertz CT molecular complexity index is 499. The van der Waals surface area contributed by atoms with Crippen LogP contribution in [-0.2, 0) is 0 Å². The highest BCUT2D eigenvalue weighted by molar-refractivity contribution is 5.16. The highest BCUT2D eigenvalue weighted by atomic mass is 15.3. The highest BCUT2D eigenvalue weighted by Crippen LogP contribution is 2.65. The van der Waals surface area contributed by atoms with Crippen molar-refractivity contribution in [3.8, 4) is 0 Å². The minimum Gasteiger partial charge on any atom is -0.305 e. The first-order valence-corrected chi connectivity index (χ1v) is 9.34. The fourth-order valence-electron chi connectivity index (χ4n) is 6.92. The molecule has 3 saturated carbocycles. The first-order valence-electron chi connectivity index (χ1n) is 9.34. The molecule has 4 aliphatic carbocycles. The van der Waals surface area contributed by atoms with E-state index >= 15 is 0 Å². The summed E-state index contributed by atoms with van der Waals surface area (Å²) >= 11 is 0. The molecule has 0 aromatic carbocycles. The Balaban J connectivity index is 1.57. The molecular formula is C19H31N3. The summed E-state index contributed by atoms with van der Waals surface area (Å²) in [6.07, 6.45) is 15.8. The Morgan fingerprint density at radius 2 is 1.91 bits per heavy atom. The molecule has 22 heavy (non-hydrogen) atoms. The molecular weight excluding hydrogens is 270 g/mol. The molecule has 122 valence electrons. The maximum atomic E-state index is 5.29. The van der Waals surface area contributed by atoms with E-state index in [9.17, 15) is 0 Å². The molecule has 4 rings (SSSR count). The van der Waals surface area contributed by atoms with E-state index in [0.717, 1.165) is 23.7 Å². The second-order valence-electron chi connectivity index (χ2n) is 9.00. The molecule has 0 aliphatic heterocycles. The number of nitrogens with zero attached hydrogens (tertiary/aromatic N) is 2. The van der Waals surface area contributed by atoms with Crippen LogP contribution in [0.15, 0.2) is 22.5 Å². The van der Waals surface area contributed by atoms with Crippen LogP contribution < -0.4 is 5.84 Å². The molecule has 3 nitrogen and oxygen atoms in total. The average Bonchev–Trinajstić information content (AvgIpc) is 2.89. The maximum absolute atomic E-state index is 5.29. The van der Waals surface area contributed by atoms with Crippen LogP contribution in [0.25, 0.3) is 0 Å². The summed E-state index contributed by atoms with van der Waals surface area (Å²) in [5, 5.41) is 7.84. The van der Waals surface area contributed by atoms with E-state index in [2.05, 4.69) is 36.3 Å². The molecule has 0 spiro atoms. The van der Waals surface area contributed by atoms with E-state index in [1.54, 1.807) is 0 Å². The molecule has 0 bridgehead atoms. The maximum Gasteiger partial charge on any atom is 0.0732 e. The van der Waals surface area contributed by atoms with Gasteiger partial charge in [-0.3, -0.25) is 0 Å². The van der Waals surface area contributed by atoms with Crippen LogP contribution in [-0.4, -0.2) is 6.04 Å². The van der Waals surface area contributed by atoms with Crippen molar-refractivity contribution in [2.45, 2.75) is 71.3 Å². The van der Waals surface area contributed by atoms with Gasteiger partial charge in [0.05, 0.1) is 6.04 Å². The van der Waals surface area contributed by atoms with E-state index < -0.39 is 0 Å². The topological polar surface area (TPSA) is 50.7 Å². The van der Waals surface area contributed by atoms with Gasteiger partial charge in [0, 0.05) is 0 Å². The van der Waals surface area contributed by atoms with E-state index in [1.165, 1.54) is 51.4 Å². The standard InChI is InChI=1S/C19H31N3/c1-18-9-3-4-16(18)15-6-5-13-12-14(21-22-20)7-11-19(13,2)17(15)8-10-18/h3,9,13-17H,4-8,10-12H2,1-2H3,(H2,20,21). The third-order valence-corrected chi connectivity index (χ3v) is 8.19. The number of rotatable bonds is 1. The number of fused-ring (bicyclic) bond motifs is 5. The van der Waals surface area contributed by atoms with Crippen LogP contribution in [0.3, 0.4) is 0 Å². The summed E-state index contributed by atoms with van der Waals surface area (Å²) in [7, 11) is 0. The average molecular weight is 301 g/mol. The molecule has 3 heteroatoms. The van der Waals surface area contributed by atoms with Gasteiger partial charge in [-0.25, -0.2) is 0 Å². The minimum atomic E-state index is 0.390. The van der Waals surface area contributed by atoms with Gasteiger partial charge >= 0.3 is 0 Å². The number of nitrogens with two attached hydrogens (primary N) is 1. The Morgan fingerprint density at radius 3 is 2.73 bits per heavy atom. The molecule has 0 saturated heterocycles. The summed E-state index contributed by atoms with van der Waals surface area (Å²) in [5.74, 6) is 8.96. The van der Waals surface area contributed by atoms with Gasteiger partial charge in [-0.05, 0) is 85.9 Å². The number of hydrogen-bond acceptors (Lipinski definition) is 2. The molecule has 3 fully saturated rings. The Labute approximate surface area is 134 Å². The normalized spacial score (nSPS) is 54.0. The molecule has 4 aliphatic rings. The quantitative estimate of drug-likeness (QED) is 0.319. The molecule has 0 heterocycles. The monoisotopic (exact) mass is 301 g/mol. The third kappa shape index (κ3) is 2.00. The molecule has 0 aromatic heterocycles. The highest BCUT2D eigenvalue weighted by Gasteiger charge is 2.56. The molecule has 7 atom stereocenters. The number of allylic oxidation sites excluding steroid dienone is 2. The zero-order chi connectivity index (χ0) is 15.4. The van der Waals surface area contributed by atoms with Gasteiger partial charge < -0.3 is 5.84 Å². The second-order valence-corrected chi connectivity index (χ2v) is 9.00. The van der Waals surface area contributed by atoms with Crippen molar-refractivity contribution in [3.63, 3.8) is 0 Å². The van der Waals surface area contributed by atoms with E-state index in [1.807, 2.05) is 0 Å². The van der Waals surface area contributed by atoms with Crippen LogP contribution in [0.2, 0.25) is 0 Å². The van der Waals surface area contributed by atoms with Gasteiger partial charge in [-0.1, -0.05) is 31.2 Å². The summed E-state index contributed by atoms with van der Waals surface area (Å²) in [5.41, 5.74) is 1.06. The Hall–Kier alpha value is -0.860. The zero-order valence-electron chi connectivity index (χ0n) is 14.2. The lowest BCUT2D eigenvalue weighted by Gasteiger charge is -2.60. The lowest BCUT2D eigenvalue weighted by molar-refractivity contribution is -0.0998. The van der Waals surface area contributed by atoms with Crippen LogP contribution in [0.5, 0.6) is 0 Å². The van der Waals surface area contributed by atoms with Crippen molar-refractivity contribution in [2.24, 2.45) is 50.7 Å². The largest absolute Gasteiger partial charge is 0.305 e. The van der Waals surface area contributed by atoms with Crippen molar-refractivity contribution in [1.82, 2.24) is 0 Å². The fraction of sp³-hybridized carbons (Fsp3) is 0.895. The summed E-state index contributed by atoms with van der Waals surface area (Å²) in [6, 6.07) is 0.390. The van der Waals surface area contributed by atoms with Gasteiger partial charge in [0.2, 0.25) is 0 Å². The lowest BCUT2D eigenvalue weighted by Crippen LogP contribution is -2.53. The van der Waals surface area contributed by atoms with Crippen molar-refractivity contribution < 1.29 is 0 Å². The Morgan fingerprint density at radius 1 is 1.05 bits per heavy atom. The number of hydrogen-bond donors (Lipinski definition) is 1. The summed E-state index contributed by atoms with van der Waals surface area (Å²) in [4.78, 5) is 0. The predicted molar refractivity (Wildman–Crippen MR) is 89.1 cm³/mol. The van der Waals surface area contributed by atoms with Gasteiger partial charge in [-0.2, -0.15) is 5.11 Å². The van der Waals surface area contributed by atoms with E-state index in [-0.39, 0.29) is 0 Å². The minimum absolute atomic E-state index is 0.390. The predicted octanol–water partition coefficient (Wildman–Crippen LogP) is 4.89. The van der Waals surface area contributed by atoms with Gasteiger partial charge in [0.25, 0.3) is 0 Å². The molecule has 0 amide bonds. The summed E-state index contributed by atoms with van der Waals surface area (Å²) < 4.78 is 0. The van der Waals surface area contributed by atoms with Crippen LogP contribution in [0.4, 0.5) is 0 Å². The van der Waals surface area contributed by atoms with Crippen molar-refractivity contribution in [1.29, 1.82) is 0 Å². The zero-order valence-corrected chi connectivity index (χ0v) is 14.2. The third-order valence-electron chi connectivity index (χ3n) is 8.19. The first-order chi connectivity index (χ1) is 10.6. The first kappa shape index (κ1) is 14.7. The van der Waals surface area contributed by atoms with Crippen LogP contribution in [0.1, 0.15) is 65.2 Å². The van der Waals surface area contributed by atoms with Crippen molar-refractivity contribution >= 4 is 0 Å². The molecule has 2 N–H and O–H groups in total. The van der Waals surface area contributed by atoms with Gasteiger partial charge in [0.15, 0.2) is 0 Å². The van der Waals surface area contributed by atoms with Crippen LogP contribution >= 0.6 is 0 Å². The van der Waals surface area contributed by atoms with E-state index in [0.29, 0.717) is 16.9 Å². The van der Waals surface area contributed by atoms with Crippen LogP contribution in [0, 0.1) is 34.5 Å². The van der Waals surface area contributed by atoms with Crippen molar-refractivity contribution in [2.75, 3.05) is 0 Å². The molecule has 0 radical (unpaired) electrons. The van der Waals surface area contributed by atoms with Gasteiger partial charge in [-0.15, -0.1) is 0 Å². The fourth-order valence-corrected chi connectivity index (χ4v) is 6.92.